The molecule has 0 saturated heterocycles. The highest BCUT2D eigenvalue weighted by Gasteiger charge is 2.18. The first-order valence-electron chi connectivity index (χ1n) is 8.94. The van der Waals surface area contributed by atoms with Crippen LogP contribution in [0.15, 0.2) is 47.6 Å². The van der Waals surface area contributed by atoms with Gasteiger partial charge in [-0.05, 0) is 18.6 Å². The van der Waals surface area contributed by atoms with Crippen LogP contribution in [0.2, 0.25) is 0 Å². The number of nitrogens with zero attached hydrogens (tertiary/aromatic N) is 3. The molecule has 2 aromatic heterocycles. The number of ether oxygens (including phenoxy) is 3. The van der Waals surface area contributed by atoms with E-state index < -0.39 is 0 Å². The van der Waals surface area contributed by atoms with Crippen LogP contribution in [-0.2, 0) is 13.2 Å². The fraction of sp³-hybridized carbons (Fsp3) is 0.316. The van der Waals surface area contributed by atoms with E-state index in [9.17, 15) is 4.79 Å². The third-order valence-corrected chi connectivity index (χ3v) is 4.31. The molecule has 3 heterocycles. The molecule has 1 aliphatic rings. The van der Waals surface area contributed by atoms with E-state index in [1.807, 2.05) is 17.7 Å². The number of fused-ring (bicyclic) bond motifs is 1. The number of carbonyl (C=O) groups excluding carboxylic acids is 1. The first kappa shape index (κ1) is 17.9. The van der Waals surface area contributed by atoms with E-state index in [4.69, 9.17) is 18.6 Å². The van der Waals surface area contributed by atoms with E-state index in [0.29, 0.717) is 29.7 Å². The Labute approximate surface area is 161 Å². The molecule has 28 heavy (non-hydrogen) atoms. The van der Waals surface area contributed by atoms with Crippen LogP contribution in [0.5, 0.6) is 17.2 Å². The minimum atomic E-state index is -0.287. The first-order chi connectivity index (χ1) is 13.7. The summed E-state index contributed by atoms with van der Waals surface area (Å²) in [6, 6.07) is 5.25. The van der Waals surface area contributed by atoms with E-state index in [1.165, 1.54) is 6.26 Å². The first-order valence-corrected chi connectivity index (χ1v) is 8.94. The van der Waals surface area contributed by atoms with E-state index in [0.717, 1.165) is 6.42 Å². The van der Waals surface area contributed by atoms with Gasteiger partial charge < -0.3 is 28.5 Å². The van der Waals surface area contributed by atoms with Gasteiger partial charge in [-0.3, -0.25) is 4.79 Å². The number of aromatic nitrogens is 3. The molecular weight excluding hydrogens is 364 g/mol. The molecular formula is C19H20N4O5. The standard InChI is InChI=1S/C19H20N4O5/c1-2-13(8-23-6-5-20-11-23)21-19(24)15-9-26-18(22-15)10-25-14-3-4-16-17(7-14)28-12-27-16/h3-7,9,11,13H,2,8,10,12H2,1H3,(H,21,24)/t13-/m0/s1. The number of benzene rings is 1. The van der Waals surface area contributed by atoms with Crippen molar-refractivity contribution in [2.45, 2.75) is 32.5 Å². The Hall–Kier alpha value is -3.49. The molecule has 0 saturated carbocycles. The summed E-state index contributed by atoms with van der Waals surface area (Å²) in [4.78, 5) is 20.6. The molecule has 1 aliphatic heterocycles. The number of carbonyl (C=O) groups is 1. The average molecular weight is 384 g/mol. The molecule has 1 amide bonds. The number of amides is 1. The van der Waals surface area contributed by atoms with Crippen LogP contribution in [0.3, 0.4) is 0 Å². The highest BCUT2D eigenvalue weighted by molar-refractivity contribution is 5.92. The zero-order valence-corrected chi connectivity index (χ0v) is 15.3. The van der Waals surface area contributed by atoms with Crippen molar-refractivity contribution < 1.29 is 23.4 Å². The van der Waals surface area contributed by atoms with E-state index >= 15 is 0 Å². The highest BCUT2D eigenvalue weighted by Crippen LogP contribution is 2.35. The van der Waals surface area contributed by atoms with Crippen molar-refractivity contribution in [2.24, 2.45) is 0 Å². The summed E-state index contributed by atoms with van der Waals surface area (Å²) in [5.41, 5.74) is 0.216. The van der Waals surface area contributed by atoms with Gasteiger partial charge in [0, 0.05) is 31.0 Å². The molecule has 9 heteroatoms. The summed E-state index contributed by atoms with van der Waals surface area (Å²) >= 11 is 0. The molecule has 3 aromatic rings. The Morgan fingerprint density at radius 1 is 1.36 bits per heavy atom. The zero-order valence-electron chi connectivity index (χ0n) is 15.3. The van der Waals surface area contributed by atoms with Gasteiger partial charge in [0.25, 0.3) is 5.91 Å². The van der Waals surface area contributed by atoms with Gasteiger partial charge >= 0.3 is 0 Å². The molecule has 1 N–H and O–H groups in total. The van der Waals surface area contributed by atoms with Crippen molar-refractivity contribution in [3.05, 3.63) is 54.8 Å². The lowest BCUT2D eigenvalue weighted by atomic mass is 10.2. The fourth-order valence-corrected chi connectivity index (χ4v) is 2.78. The normalized spacial score (nSPS) is 13.3. The monoisotopic (exact) mass is 384 g/mol. The molecule has 0 aliphatic carbocycles. The van der Waals surface area contributed by atoms with Crippen LogP contribution in [-0.4, -0.2) is 33.3 Å². The van der Waals surface area contributed by atoms with Gasteiger partial charge in [0.15, 0.2) is 23.8 Å². The number of nitrogens with one attached hydrogen (secondary N) is 1. The predicted octanol–water partition coefficient (Wildman–Crippen LogP) is 2.39. The van der Waals surface area contributed by atoms with Crippen molar-refractivity contribution in [1.82, 2.24) is 19.9 Å². The van der Waals surface area contributed by atoms with Crippen LogP contribution in [0, 0.1) is 0 Å². The minimum Gasteiger partial charge on any atom is -0.484 e. The van der Waals surface area contributed by atoms with E-state index in [1.54, 1.807) is 30.7 Å². The van der Waals surface area contributed by atoms with Gasteiger partial charge in [-0.25, -0.2) is 9.97 Å². The van der Waals surface area contributed by atoms with Gasteiger partial charge in [-0.15, -0.1) is 0 Å². The molecule has 0 bridgehead atoms. The van der Waals surface area contributed by atoms with Crippen LogP contribution >= 0.6 is 0 Å². The molecule has 146 valence electrons. The van der Waals surface area contributed by atoms with Gasteiger partial charge in [0.2, 0.25) is 12.7 Å². The Balaban J connectivity index is 1.32. The maximum atomic E-state index is 12.4. The maximum Gasteiger partial charge on any atom is 0.273 e. The predicted molar refractivity (Wildman–Crippen MR) is 97.2 cm³/mol. The second kappa shape index (κ2) is 8.03. The summed E-state index contributed by atoms with van der Waals surface area (Å²) in [7, 11) is 0. The SMILES string of the molecule is CC[C@@H](Cn1ccnc1)NC(=O)c1coc(COc2ccc3c(c2)OCO3)n1. The van der Waals surface area contributed by atoms with Crippen molar-refractivity contribution >= 4 is 5.91 Å². The Bertz CT molecular complexity index is 938. The molecule has 4 rings (SSSR count). The average Bonchev–Trinajstić information content (AvgIpc) is 3.46. The topological polar surface area (TPSA) is 101 Å². The third-order valence-electron chi connectivity index (χ3n) is 4.31. The van der Waals surface area contributed by atoms with Crippen LogP contribution < -0.4 is 19.5 Å². The molecule has 0 fully saturated rings. The minimum absolute atomic E-state index is 0.0354. The molecule has 0 radical (unpaired) electrons. The number of hydrogen-bond acceptors (Lipinski definition) is 7. The highest BCUT2D eigenvalue weighted by atomic mass is 16.7. The fourth-order valence-electron chi connectivity index (χ4n) is 2.78. The largest absolute Gasteiger partial charge is 0.484 e. The lowest BCUT2D eigenvalue weighted by Gasteiger charge is -2.16. The number of rotatable bonds is 8. The van der Waals surface area contributed by atoms with Crippen molar-refractivity contribution in [1.29, 1.82) is 0 Å². The van der Waals surface area contributed by atoms with Crippen molar-refractivity contribution in [3.8, 4) is 17.2 Å². The smallest absolute Gasteiger partial charge is 0.273 e. The molecule has 9 nitrogen and oxygen atoms in total. The summed E-state index contributed by atoms with van der Waals surface area (Å²) in [6.07, 6.45) is 7.39. The Morgan fingerprint density at radius 2 is 2.25 bits per heavy atom. The second-order valence-corrected chi connectivity index (χ2v) is 6.27. The molecule has 0 unspecified atom stereocenters. The van der Waals surface area contributed by atoms with Crippen molar-refractivity contribution in [2.75, 3.05) is 6.79 Å². The number of imidazole rings is 1. The Kier molecular flexibility index (Phi) is 5.14. The third kappa shape index (κ3) is 4.08. The summed E-state index contributed by atoms with van der Waals surface area (Å²) in [5.74, 6) is 1.94. The number of oxazole rings is 1. The maximum absolute atomic E-state index is 12.4. The molecule has 0 spiro atoms. The summed E-state index contributed by atoms with van der Waals surface area (Å²) < 4.78 is 23.5. The quantitative estimate of drug-likeness (QED) is 0.636. The summed E-state index contributed by atoms with van der Waals surface area (Å²) in [6.45, 7) is 2.95. The van der Waals surface area contributed by atoms with Crippen LogP contribution in [0.4, 0.5) is 0 Å². The van der Waals surface area contributed by atoms with Crippen molar-refractivity contribution in [3.63, 3.8) is 0 Å². The summed E-state index contributed by atoms with van der Waals surface area (Å²) in [5, 5.41) is 2.96. The number of hydrogen-bond donors (Lipinski definition) is 1. The second-order valence-electron chi connectivity index (χ2n) is 6.27. The molecule has 1 aromatic carbocycles. The Morgan fingerprint density at radius 3 is 3.07 bits per heavy atom. The van der Waals surface area contributed by atoms with Crippen LogP contribution in [0.25, 0.3) is 0 Å². The van der Waals surface area contributed by atoms with Gasteiger partial charge in [0.05, 0.1) is 6.33 Å². The van der Waals surface area contributed by atoms with Gasteiger partial charge in [-0.1, -0.05) is 6.92 Å². The van der Waals surface area contributed by atoms with Gasteiger partial charge in [0.1, 0.15) is 12.0 Å². The van der Waals surface area contributed by atoms with E-state index in [2.05, 4.69) is 15.3 Å². The zero-order chi connectivity index (χ0) is 19.3. The lowest BCUT2D eigenvalue weighted by molar-refractivity contribution is 0.0926. The molecule has 1 atom stereocenters. The van der Waals surface area contributed by atoms with E-state index in [-0.39, 0.29) is 31.0 Å². The van der Waals surface area contributed by atoms with Crippen LogP contribution in [0.1, 0.15) is 29.7 Å². The van der Waals surface area contributed by atoms with Gasteiger partial charge in [-0.2, -0.15) is 0 Å². The lowest BCUT2D eigenvalue weighted by Crippen LogP contribution is -2.37.